The Hall–Kier alpha value is -5.95. The predicted molar refractivity (Wildman–Crippen MR) is 179 cm³/mol. The van der Waals surface area contributed by atoms with Crippen LogP contribution < -0.4 is 27.4 Å². The summed E-state index contributed by atoms with van der Waals surface area (Å²) in [4.78, 5) is 70.8. The molecule has 0 fully saturated rings. The molecule has 0 spiro atoms. The largest absolute Gasteiger partial charge is 0.480 e. The van der Waals surface area contributed by atoms with Crippen LogP contribution in [0, 0.1) is 0 Å². The maximum absolute atomic E-state index is 13.7. The number of hydrogen-bond acceptors (Lipinski definition) is 6. The summed E-state index contributed by atoms with van der Waals surface area (Å²) in [5, 5.41) is 19.3. The Morgan fingerprint density at radius 3 is 1.71 bits per heavy atom. The number of nitrogens with two attached hydrogens (primary N) is 2. The fourth-order valence-electron chi connectivity index (χ4n) is 5.64. The molecule has 13 heteroatoms. The summed E-state index contributed by atoms with van der Waals surface area (Å²) >= 11 is 0. The Kier molecular flexibility index (Phi) is 10.5. The first-order valence-corrected chi connectivity index (χ1v) is 15.4. The summed E-state index contributed by atoms with van der Waals surface area (Å²) in [5.41, 5.74) is 15.6. The normalized spacial score (nSPS) is 13.7. The highest BCUT2D eigenvalue weighted by Gasteiger charge is 2.32. The molecule has 0 aliphatic heterocycles. The van der Waals surface area contributed by atoms with Crippen molar-refractivity contribution in [3.63, 3.8) is 0 Å². The quantitative estimate of drug-likeness (QED) is 0.0830. The van der Waals surface area contributed by atoms with Crippen molar-refractivity contribution >= 4 is 51.4 Å². The molecule has 13 nitrogen and oxygen atoms in total. The number of carboxylic acids is 1. The van der Waals surface area contributed by atoms with Crippen LogP contribution in [0.2, 0.25) is 0 Å². The molecule has 2 aromatic heterocycles. The predicted octanol–water partition coefficient (Wildman–Crippen LogP) is 1.42. The highest BCUT2D eigenvalue weighted by molar-refractivity contribution is 5.96. The summed E-state index contributed by atoms with van der Waals surface area (Å²) in [6.45, 7) is 0. The van der Waals surface area contributed by atoms with E-state index in [2.05, 4.69) is 25.9 Å². The minimum atomic E-state index is -1.52. The molecule has 4 unspecified atom stereocenters. The standard InChI is InChI=1S/C35H37N7O6/c36-25(15-21-18-38-26-12-6-4-10-23(21)26)32(44)40-28(14-20-8-2-1-3-9-20)33(45)41-29(17-31(37)43)34(46)42-30(35(47)48)16-22-19-39-27-13-7-5-11-24(22)27/h1-13,18-19,25,28-30,38-39H,14-17,36H2,(H2,37,43)(H,40,44)(H,41,45)(H,42,46)(H,47,48). The van der Waals surface area contributed by atoms with Crippen molar-refractivity contribution in [2.24, 2.45) is 11.5 Å². The van der Waals surface area contributed by atoms with E-state index >= 15 is 0 Å². The Morgan fingerprint density at radius 2 is 1.12 bits per heavy atom. The van der Waals surface area contributed by atoms with Crippen molar-refractivity contribution < 1.29 is 29.1 Å². The van der Waals surface area contributed by atoms with Gasteiger partial charge in [0.2, 0.25) is 23.6 Å². The number of H-pyrrole nitrogens is 2. The molecule has 3 aromatic carbocycles. The molecule has 0 bridgehead atoms. The fourth-order valence-corrected chi connectivity index (χ4v) is 5.64. The number of rotatable bonds is 15. The van der Waals surface area contributed by atoms with E-state index in [0.717, 1.165) is 27.4 Å². The third kappa shape index (κ3) is 8.25. The van der Waals surface area contributed by atoms with E-state index in [0.29, 0.717) is 11.1 Å². The van der Waals surface area contributed by atoms with Crippen molar-refractivity contribution in [1.29, 1.82) is 0 Å². The molecule has 0 aliphatic rings. The number of aromatic amines is 2. The van der Waals surface area contributed by atoms with Crippen LogP contribution in [0.1, 0.15) is 23.1 Å². The number of primary amides is 1. The fraction of sp³-hybridized carbons (Fsp3) is 0.229. The Labute approximate surface area is 275 Å². The number of benzene rings is 3. The van der Waals surface area contributed by atoms with Gasteiger partial charge in [-0.25, -0.2) is 4.79 Å². The minimum absolute atomic E-state index is 0.0431. The molecule has 4 atom stereocenters. The molecular formula is C35H37N7O6. The number of aliphatic carboxylic acids is 1. The highest BCUT2D eigenvalue weighted by atomic mass is 16.4. The first-order chi connectivity index (χ1) is 23.1. The monoisotopic (exact) mass is 651 g/mol. The maximum atomic E-state index is 13.7. The van der Waals surface area contributed by atoms with Gasteiger partial charge in [0.25, 0.3) is 0 Å². The Balaban J connectivity index is 1.31. The van der Waals surface area contributed by atoms with Crippen LogP contribution in [0.4, 0.5) is 0 Å². The van der Waals surface area contributed by atoms with Crippen molar-refractivity contribution in [3.05, 3.63) is 108 Å². The lowest BCUT2D eigenvalue weighted by Gasteiger charge is -2.25. The molecule has 0 saturated carbocycles. The van der Waals surface area contributed by atoms with E-state index in [1.807, 2.05) is 48.5 Å². The van der Waals surface area contributed by atoms with Gasteiger partial charge in [-0.2, -0.15) is 0 Å². The highest BCUT2D eigenvalue weighted by Crippen LogP contribution is 2.20. The molecular weight excluding hydrogens is 614 g/mol. The number of amides is 4. The van der Waals surface area contributed by atoms with Gasteiger partial charge >= 0.3 is 5.97 Å². The molecule has 4 amide bonds. The summed E-state index contributed by atoms with van der Waals surface area (Å²) in [6, 6.07) is 18.7. The molecule has 0 saturated heterocycles. The van der Waals surface area contributed by atoms with E-state index in [4.69, 9.17) is 11.5 Å². The van der Waals surface area contributed by atoms with Crippen LogP contribution in [0.25, 0.3) is 21.8 Å². The molecule has 0 radical (unpaired) electrons. The van der Waals surface area contributed by atoms with E-state index < -0.39 is 60.2 Å². The van der Waals surface area contributed by atoms with Gasteiger partial charge in [0.1, 0.15) is 18.1 Å². The van der Waals surface area contributed by atoms with Crippen LogP contribution in [-0.2, 0) is 43.2 Å². The van der Waals surface area contributed by atoms with E-state index in [1.165, 1.54) is 0 Å². The molecule has 248 valence electrons. The smallest absolute Gasteiger partial charge is 0.326 e. The third-order valence-corrected chi connectivity index (χ3v) is 8.12. The number of carbonyl (C=O) groups is 5. The first-order valence-electron chi connectivity index (χ1n) is 15.4. The zero-order valence-corrected chi connectivity index (χ0v) is 25.9. The van der Waals surface area contributed by atoms with Gasteiger partial charge in [-0.15, -0.1) is 0 Å². The van der Waals surface area contributed by atoms with Crippen molar-refractivity contribution in [3.8, 4) is 0 Å². The van der Waals surface area contributed by atoms with Gasteiger partial charge in [-0.1, -0.05) is 66.7 Å². The molecule has 5 aromatic rings. The summed E-state index contributed by atoms with van der Waals surface area (Å²) in [5.74, 6) is -4.51. The molecule has 48 heavy (non-hydrogen) atoms. The number of para-hydroxylation sites is 2. The number of hydrogen-bond donors (Lipinski definition) is 8. The lowest BCUT2D eigenvalue weighted by Crippen LogP contribution is -2.58. The van der Waals surface area contributed by atoms with Gasteiger partial charge in [0, 0.05) is 47.0 Å². The van der Waals surface area contributed by atoms with Gasteiger partial charge in [-0.3, -0.25) is 19.2 Å². The Morgan fingerprint density at radius 1 is 0.625 bits per heavy atom. The zero-order chi connectivity index (χ0) is 34.2. The van der Waals surface area contributed by atoms with Crippen LogP contribution in [0.15, 0.2) is 91.3 Å². The van der Waals surface area contributed by atoms with Crippen LogP contribution in [0.3, 0.4) is 0 Å². The van der Waals surface area contributed by atoms with Crippen molar-refractivity contribution in [2.75, 3.05) is 0 Å². The number of fused-ring (bicyclic) bond motifs is 2. The van der Waals surface area contributed by atoms with Gasteiger partial charge in [0.05, 0.1) is 12.5 Å². The van der Waals surface area contributed by atoms with Gasteiger partial charge < -0.3 is 42.5 Å². The van der Waals surface area contributed by atoms with Crippen molar-refractivity contribution in [2.45, 2.75) is 49.9 Å². The second-order valence-corrected chi connectivity index (χ2v) is 11.6. The van der Waals surface area contributed by atoms with E-state index in [-0.39, 0.29) is 19.3 Å². The average Bonchev–Trinajstić information content (AvgIpc) is 3.67. The molecule has 10 N–H and O–H groups in total. The van der Waals surface area contributed by atoms with Crippen LogP contribution in [0.5, 0.6) is 0 Å². The molecule has 5 rings (SSSR count). The summed E-state index contributed by atoms with van der Waals surface area (Å²) in [6.07, 6.45) is 3.00. The number of nitrogens with one attached hydrogen (secondary N) is 5. The topological polar surface area (TPSA) is 225 Å². The lowest BCUT2D eigenvalue weighted by atomic mass is 10.0. The lowest BCUT2D eigenvalue weighted by molar-refractivity contribution is -0.142. The Bertz CT molecular complexity index is 1940. The van der Waals surface area contributed by atoms with Gasteiger partial charge in [0.15, 0.2) is 0 Å². The van der Waals surface area contributed by atoms with Crippen LogP contribution >= 0.6 is 0 Å². The number of carboxylic acid groups (broad SMARTS) is 1. The number of aromatic nitrogens is 2. The molecule has 0 aliphatic carbocycles. The van der Waals surface area contributed by atoms with Gasteiger partial charge in [-0.05, 0) is 35.2 Å². The summed E-state index contributed by atoms with van der Waals surface area (Å²) in [7, 11) is 0. The van der Waals surface area contributed by atoms with E-state index in [1.54, 1.807) is 42.7 Å². The second kappa shape index (κ2) is 15.1. The average molecular weight is 652 g/mol. The maximum Gasteiger partial charge on any atom is 0.326 e. The SMILES string of the molecule is NC(=O)CC(NC(=O)C(Cc1ccccc1)NC(=O)C(N)Cc1c[nH]c2ccccc12)C(=O)NC(Cc1c[nH]c2ccccc12)C(=O)O. The van der Waals surface area contributed by atoms with E-state index in [9.17, 15) is 29.1 Å². The zero-order valence-electron chi connectivity index (χ0n) is 25.9. The number of carbonyl (C=O) groups excluding carboxylic acids is 4. The molecule has 2 heterocycles. The minimum Gasteiger partial charge on any atom is -0.480 e. The first kappa shape index (κ1) is 33.4. The van der Waals surface area contributed by atoms with Crippen molar-refractivity contribution in [1.82, 2.24) is 25.9 Å². The summed E-state index contributed by atoms with van der Waals surface area (Å²) < 4.78 is 0. The third-order valence-electron chi connectivity index (χ3n) is 8.12. The van der Waals surface area contributed by atoms with Crippen LogP contribution in [-0.4, -0.2) is 68.8 Å². The second-order valence-electron chi connectivity index (χ2n) is 11.6.